The molecule has 0 aliphatic rings. The van der Waals surface area contributed by atoms with Gasteiger partial charge >= 0.3 is 0 Å². The lowest BCUT2D eigenvalue weighted by Crippen LogP contribution is -2.19. The van der Waals surface area contributed by atoms with Crippen molar-refractivity contribution < 1.29 is 5.11 Å². The highest BCUT2D eigenvalue weighted by atomic mass is 16.3. The molecule has 0 saturated carbocycles. The van der Waals surface area contributed by atoms with Crippen molar-refractivity contribution in [3.8, 4) is 5.69 Å². The zero-order chi connectivity index (χ0) is 17.8. The van der Waals surface area contributed by atoms with Crippen LogP contribution in [0.2, 0.25) is 0 Å². The van der Waals surface area contributed by atoms with Crippen LogP contribution in [0.1, 0.15) is 35.5 Å². The molecule has 2 N–H and O–H groups in total. The van der Waals surface area contributed by atoms with E-state index in [0.717, 1.165) is 23.6 Å². The Bertz CT molecular complexity index is 807. The van der Waals surface area contributed by atoms with Crippen LogP contribution in [0.25, 0.3) is 5.69 Å². The minimum Gasteiger partial charge on any atom is -0.394 e. The van der Waals surface area contributed by atoms with Gasteiger partial charge in [-0.3, -0.25) is 4.68 Å². The number of benzene rings is 1. The molecule has 0 spiro atoms. The van der Waals surface area contributed by atoms with E-state index in [-0.39, 0.29) is 12.6 Å². The molecule has 1 atom stereocenters. The van der Waals surface area contributed by atoms with E-state index in [4.69, 9.17) is 5.11 Å². The first-order valence-electron chi connectivity index (χ1n) is 8.42. The van der Waals surface area contributed by atoms with Gasteiger partial charge in [-0.05, 0) is 38.5 Å². The maximum absolute atomic E-state index is 9.12. The fourth-order valence-corrected chi connectivity index (χ4v) is 2.93. The zero-order valence-corrected chi connectivity index (χ0v) is 14.8. The van der Waals surface area contributed by atoms with Crippen molar-refractivity contribution in [1.29, 1.82) is 0 Å². The Kier molecular flexibility index (Phi) is 5.25. The topological polar surface area (TPSA) is 80.8 Å². The SMILES string of the molecule is Cc1nn(CCO)c(C)c1CN[C@H](C)c1ccc(-n2cncn2)cc1. The molecular formula is C18H24N6O. The second-order valence-electron chi connectivity index (χ2n) is 6.13. The van der Waals surface area contributed by atoms with E-state index in [1.54, 1.807) is 11.0 Å². The molecule has 2 heterocycles. The van der Waals surface area contributed by atoms with Gasteiger partial charge in [-0.25, -0.2) is 9.67 Å². The lowest BCUT2D eigenvalue weighted by Gasteiger charge is -2.15. The molecule has 7 heteroatoms. The third-order valence-electron chi connectivity index (χ3n) is 4.50. The van der Waals surface area contributed by atoms with E-state index in [1.165, 1.54) is 17.5 Å². The number of nitrogens with zero attached hydrogens (tertiary/aromatic N) is 5. The molecule has 0 aliphatic carbocycles. The number of hydrogen-bond donors (Lipinski definition) is 2. The molecule has 1 aromatic carbocycles. The molecule has 0 saturated heterocycles. The molecule has 132 valence electrons. The summed E-state index contributed by atoms with van der Waals surface area (Å²) in [5.74, 6) is 0. The molecular weight excluding hydrogens is 316 g/mol. The van der Waals surface area contributed by atoms with Crippen molar-refractivity contribution in [3.63, 3.8) is 0 Å². The van der Waals surface area contributed by atoms with Crippen molar-refractivity contribution in [2.45, 2.75) is 39.9 Å². The normalized spacial score (nSPS) is 12.5. The van der Waals surface area contributed by atoms with Gasteiger partial charge in [-0.1, -0.05) is 12.1 Å². The maximum Gasteiger partial charge on any atom is 0.138 e. The van der Waals surface area contributed by atoms with Gasteiger partial charge in [0.2, 0.25) is 0 Å². The third kappa shape index (κ3) is 3.78. The van der Waals surface area contributed by atoms with Gasteiger partial charge in [0.05, 0.1) is 24.5 Å². The first-order chi connectivity index (χ1) is 12.1. The van der Waals surface area contributed by atoms with Gasteiger partial charge in [-0.2, -0.15) is 10.2 Å². The Labute approximate surface area is 147 Å². The van der Waals surface area contributed by atoms with Crippen molar-refractivity contribution in [1.82, 2.24) is 29.9 Å². The number of aryl methyl sites for hydroxylation is 1. The Morgan fingerprint density at radius 3 is 2.60 bits per heavy atom. The minimum absolute atomic E-state index is 0.101. The predicted molar refractivity (Wildman–Crippen MR) is 95.4 cm³/mol. The summed E-state index contributed by atoms with van der Waals surface area (Å²) in [6.45, 7) is 7.58. The summed E-state index contributed by atoms with van der Waals surface area (Å²) >= 11 is 0. The first-order valence-corrected chi connectivity index (χ1v) is 8.42. The lowest BCUT2D eigenvalue weighted by atomic mass is 10.1. The monoisotopic (exact) mass is 340 g/mol. The average Bonchev–Trinajstić information content (AvgIpc) is 3.23. The minimum atomic E-state index is 0.101. The van der Waals surface area contributed by atoms with Gasteiger partial charge in [0.1, 0.15) is 12.7 Å². The van der Waals surface area contributed by atoms with E-state index in [1.807, 2.05) is 30.7 Å². The summed E-state index contributed by atoms with van der Waals surface area (Å²) in [6, 6.07) is 8.49. The second kappa shape index (κ2) is 7.58. The number of aliphatic hydroxyl groups excluding tert-OH is 1. The lowest BCUT2D eigenvalue weighted by molar-refractivity contribution is 0.267. The quantitative estimate of drug-likeness (QED) is 0.687. The molecule has 3 aromatic rings. The average molecular weight is 340 g/mol. The third-order valence-corrected chi connectivity index (χ3v) is 4.50. The summed E-state index contributed by atoms with van der Waals surface area (Å²) in [6.07, 6.45) is 3.21. The number of aliphatic hydroxyl groups is 1. The Hall–Kier alpha value is -2.51. The van der Waals surface area contributed by atoms with Crippen LogP contribution in [0.5, 0.6) is 0 Å². The molecule has 25 heavy (non-hydrogen) atoms. The molecule has 0 aliphatic heterocycles. The van der Waals surface area contributed by atoms with Crippen molar-refractivity contribution >= 4 is 0 Å². The number of nitrogens with one attached hydrogen (secondary N) is 1. The van der Waals surface area contributed by atoms with Crippen molar-refractivity contribution in [2.24, 2.45) is 0 Å². The summed E-state index contributed by atoms with van der Waals surface area (Å²) in [7, 11) is 0. The van der Waals surface area contributed by atoms with Crippen molar-refractivity contribution in [3.05, 3.63) is 59.4 Å². The van der Waals surface area contributed by atoms with Crippen LogP contribution in [0.15, 0.2) is 36.9 Å². The number of rotatable bonds is 7. The van der Waals surface area contributed by atoms with Gasteiger partial charge in [0.15, 0.2) is 0 Å². The van der Waals surface area contributed by atoms with E-state index in [2.05, 4.69) is 39.6 Å². The van der Waals surface area contributed by atoms with E-state index >= 15 is 0 Å². The summed E-state index contributed by atoms with van der Waals surface area (Å²) in [5, 5.41) is 21.3. The molecule has 0 unspecified atom stereocenters. The van der Waals surface area contributed by atoms with Gasteiger partial charge in [0.25, 0.3) is 0 Å². The standard InChI is InChI=1S/C18H24N6O/c1-13(16-4-6-17(7-5-16)24-12-19-11-21-24)20-10-18-14(2)22-23(8-9-25)15(18)3/h4-7,11-13,20,25H,8-10H2,1-3H3/t13-/m1/s1. The highest BCUT2D eigenvalue weighted by molar-refractivity contribution is 5.34. The molecule has 0 radical (unpaired) electrons. The van der Waals surface area contributed by atoms with Gasteiger partial charge in [-0.15, -0.1) is 0 Å². The zero-order valence-electron chi connectivity index (χ0n) is 14.8. The Balaban J connectivity index is 1.66. The highest BCUT2D eigenvalue weighted by Gasteiger charge is 2.13. The Morgan fingerprint density at radius 2 is 1.96 bits per heavy atom. The maximum atomic E-state index is 9.12. The van der Waals surface area contributed by atoms with E-state index in [0.29, 0.717) is 6.54 Å². The van der Waals surface area contributed by atoms with Crippen molar-refractivity contribution in [2.75, 3.05) is 6.61 Å². The fourth-order valence-electron chi connectivity index (χ4n) is 2.93. The summed E-state index contributed by atoms with van der Waals surface area (Å²) in [5.41, 5.74) is 5.51. The molecule has 2 aromatic heterocycles. The van der Waals surface area contributed by atoms with Crippen LogP contribution in [0.3, 0.4) is 0 Å². The second-order valence-corrected chi connectivity index (χ2v) is 6.13. The van der Waals surface area contributed by atoms with Gasteiger partial charge in [0, 0.05) is 23.8 Å². The van der Waals surface area contributed by atoms with Crippen LogP contribution < -0.4 is 5.32 Å². The molecule has 0 bridgehead atoms. The Morgan fingerprint density at radius 1 is 1.20 bits per heavy atom. The smallest absolute Gasteiger partial charge is 0.138 e. The van der Waals surface area contributed by atoms with Gasteiger partial charge < -0.3 is 10.4 Å². The van der Waals surface area contributed by atoms with Crippen LogP contribution in [0, 0.1) is 13.8 Å². The van der Waals surface area contributed by atoms with Crippen LogP contribution in [-0.2, 0) is 13.1 Å². The summed E-state index contributed by atoms with van der Waals surface area (Å²) in [4.78, 5) is 3.97. The molecule has 0 amide bonds. The van der Waals surface area contributed by atoms with Crippen LogP contribution in [-0.4, -0.2) is 36.3 Å². The van der Waals surface area contributed by atoms with E-state index < -0.39 is 0 Å². The van der Waals surface area contributed by atoms with Crippen LogP contribution in [0.4, 0.5) is 0 Å². The fraction of sp³-hybridized carbons (Fsp3) is 0.389. The predicted octanol–water partition coefficient (Wildman–Crippen LogP) is 1.92. The molecule has 0 fully saturated rings. The first kappa shape index (κ1) is 17.3. The summed E-state index contributed by atoms with van der Waals surface area (Å²) < 4.78 is 3.61. The molecule has 3 rings (SSSR count). The highest BCUT2D eigenvalue weighted by Crippen LogP contribution is 2.18. The molecule has 7 nitrogen and oxygen atoms in total. The number of hydrogen-bond acceptors (Lipinski definition) is 5. The van der Waals surface area contributed by atoms with E-state index in [9.17, 15) is 0 Å². The largest absolute Gasteiger partial charge is 0.394 e. The number of aromatic nitrogens is 5. The van der Waals surface area contributed by atoms with Crippen LogP contribution >= 0.6 is 0 Å².